The van der Waals surface area contributed by atoms with Gasteiger partial charge >= 0.3 is 0 Å². The number of anilines is 1. The summed E-state index contributed by atoms with van der Waals surface area (Å²) >= 11 is 0. The molecule has 1 atom stereocenters. The molecular formula is C6H7FNP. The van der Waals surface area contributed by atoms with Crippen molar-refractivity contribution in [3.05, 3.63) is 24.0 Å². The van der Waals surface area contributed by atoms with Crippen molar-refractivity contribution in [3.63, 3.8) is 0 Å². The van der Waals surface area contributed by atoms with Crippen LogP contribution >= 0.6 is 9.24 Å². The normalized spacial score (nSPS) is 9.56. The number of hydrogen-bond donors (Lipinski definition) is 1. The van der Waals surface area contributed by atoms with Crippen molar-refractivity contribution in [2.45, 2.75) is 0 Å². The van der Waals surface area contributed by atoms with E-state index < -0.39 is 0 Å². The van der Waals surface area contributed by atoms with Gasteiger partial charge in [0.1, 0.15) is 5.82 Å². The lowest BCUT2D eigenvalue weighted by atomic mass is 10.3. The highest BCUT2D eigenvalue weighted by molar-refractivity contribution is 7.27. The van der Waals surface area contributed by atoms with Crippen LogP contribution < -0.4 is 11.0 Å². The number of hydrogen-bond acceptors (Lipinski definition) is 1. The summed E-state index contributed by atoms with van der Waals surface area (Å²) in [6, 6.07) is 4.44. The Balaban J connectivity index is 3.17. The van der Waals surface area contributed by atoms with Crippen molar-refractivity contribution in [1.82, 2.24) is 0 Å². The molecule has 0 heterocycles. The molecule has 0 saturated carbocycles. The first kappa shape index (κ1) is 6.50. The Bertz CT molecular complexity index is 224. The maximum atomic E-state index is 12.4. The van der Waals surface area contributed by atoms with Crippen LogP contribution in [0.5, 0.6) is 0 Å². The van der Waals surface area contributed by atoms with Crippen molar-refractivity contribution in [2.24, 2.45) is 0 Å². The van der Waals surface area contributed by atoms with Crippen LogP contribution in [0, 0.1) is 5.82 Å². The summed E-state index contributed by atoms with van der Waals surface area (Å²) in [6.45, 7) is 0. The van der Waals surface area contributed by atoms with Gasteiger partial charge in [-0.25, -0.2) is 4.39 Å². The zero-order chi connectivity index (χ0) is 6.85. The van der Waals surface area contributed by atoms with E-state index in [2.05, 4.69) is 9.24 Å². The molecule has 1 aromatic carbocycles. The van der Waals surface area contributed by atoms with Crippen molar-refractivity contribution in [2.75, 3.05) is 5.73 Å². The number of halogens is 1. The topological polar surface area (TPSA) is 26.0 Å². The summed E-state index contributed by atoms with van der Waals surface area (Å²) in [7, 11) is 2.27. The van der Waals surface area contributed by atoms with E-state index in [0.29, 0.717) is 11.0 Å². The summed E-state index contributed by atoms with van der Waals surface area (Å²) in [5.74, 6) is -0.241. The molecule has 1 nitrogen and oxygen atoms in total. The maximum absolute atomic E-state index is 12.4. The largest absolute Gasteiger partial charge is 0.399 e. The average Bonchev–Trinajstić information content (AvgIpc) is 1.80. The Morgan fingerprint density at radius 2 is 2.11 bits per heavy atom. The van der Waals surface area contributed by atoms with E-state index in [0.717, 1.165) is 0 Å². The Morgan fingerprint density at radius 1 is 1.44 bits per heavy atom. The second kappa shape index (κ2) is 2.32. The molecule has 0 fully saturated rings. The molecule has 9 heavy (non-hydrogen) atoms. The first-order valence-corrected chi connectivity index (χ1v) is 3.08. The molecule has 1 rings (SSSR count). The Morgan fingerprint density at radius 3 is 2.56 bits per heavy atom. The fraction of sp³-hybridized carbons (Fsp3) is 0. The van der Waals surface area contributed by atoms with Crippen LogP contribution in [0.1, 0.15) is 0 Å². The van der Waals surface area contributed by atoms with E-state index in [1.807, 2.05) is 0 Å². The van der Waals surface area contributed by atoms with E-state index in [-0.39, 0.29) is 5.82 Å². The SMILES string of the molecule is Nc1ccc(F)c(P)c1. The summed E-state index contributed by atoms with van der Waals surface area (Å²) in [4.78, 5) is 0. The van der Waals surface area contributed by atoms with E-state index in [1.54, 1.807) is 6.07 Å². The molecule has 0 radical (unpaired) electrons. The quantitative estimate of drug-likeness (QED) is 0.424. The third-order valence-corrected chi connectivity index (χ3v) is 1.46. The lowest BCUT2D eigenvalue weighted by molar-refractivity contribution is 0.637. The molecule has 48 valence electrons. The molecule has 0 aliphatic rings. The number of rotatable bonds is 0. The van der Waals surface area contributed by atoms with Gasteiger partial charge in [-0.1, -0.05) is 0 Å². The van der Waals surface area contributed by atoms with Crippen LogP contribution in [0.15, 0.2) is 18.2 Å². The molecule has 1 unspecified atom stereocenters. The van der Waals surface area contributed by atoms with Crippen LogP contribution in [-0.2, 0) is 0 Å². The van der Waals surface area contributed by atoms with E-state index in [1.165, 1.54) is 12.1 Å². The number of nitrogen functional groups attached to an aromatic ring is 1. The monoisotopic (exact) mass is 143 g/mol. The van der Waals surface area contributed by atoms with Crippen LogP contribution in [0.25, 0.3) is 0 Å². The van der Waals surface area contributed by atoms with Gasteiger partial charge in [0.25, 0.3) is 0 Å². The molecule has 2 N–H and O–H groups in total. The van der Waals surface area contributed by atoms with Gasteiger partial charge < -0.3 is 5.73 Å². The molecule has 1 aromatic rings. The molecule has 0 bridgehead atoms. The summed E-state index contributed by atoms with van der Waals surface area (Å²) in [6.07, 6.45) is 0. The third kappa shape index (κ3) is 1.39. The minimum atomic E-state index is -0.241. The van der Waals surface area contributed by atoms with Gasteiger partial charge in [-0.2, -0.15) is 0 Å². The zero-order valence-electron chi connectivity index (χ0n) is 4.76. The van der Waals surface area contributed by atoms with Crippen molar-refractivity contribution in [1.29, 1.82) is 0 Å². The fourth-order valence-electron chi connectivity index (χ4n) is 0.562. The van der Waals surface area contributed by atoms with E-state index in [4.69, 9.17) is 5.73 Å². The minimum absolute atomic E-state index is 0.241. The molecule has 0 aliphatic carbocycles. The highest BCUT2D eigenvalue weighted by Gasteiger charge is 1.93. The van der Waals surface area contributed by atoms with Crippen LogP contribution in [0.4, 0.5) is 10.1 Å². The minimum Gasteiger partial charge on any atom is -0.399 e. The van der Waals surface area contributed by atoms with Gasteiger partial charge in [-0.05, 0) is 18.2 Å². The van der Waals surface area contributed by atoms with Gasteiger partial charge in [0.2, 0.25) is 0 Å². The van der Waals surface area contributed by atoms with Crippen LogP contribution in [0.2, 0.25) is 0 Å². The highest BCUT2D eigenvalue weighted by Crippen LogP contribution is 2.03. The Kier molecular flexibility index (Phi) is 1.68. The lowest BCUT2D eigenvalue weighted by Crippen LogP contribution is -1.99. The molecule has 0 aliphatic heterocycles. The molecule has 0 saturated heterocycles. The average molecular weight is 143 g/mol. The Labute approximate surface area is 55.3 Å². The molecule has 0 spiro atoms. The van der Waals surface area contributed by atoms with E-state index in [9.17, 15) is 4.39 Å². The standard InChI is InChI=1S/C6H7FNP/c7-5-2-1-4(8)3-6(5)9/h1-3H,8-9H2. The van der Waals surface area contributed by atoms with Gasteiger partial charge in [0, 0.05) is 11.0 Å². The van der Waals surface area contributed by atoms with Gasteiger partial charge in [-0.15, -0.1) is 9.24 Å². The van der Waals surface area contributed by atoms with Crippen LogP contribution in [0.3, 0.4) is 0 Å². The molecule has 3 heteroatoms. The van der Waals surface area contributed by atoms with Crippen molar-refractivity contribution < 1.29 is 4.39 Å². The predicted octanol–water partition coefficient (Wildman–Crippen LogP) is 0.908. The summed E-state index contributed by atoms with van der Waals surface area (Å²) < 4.78 is 12.4. The molecule has 0 amide bonds. The molecule has 0 aromatic heterocycles. The van der Waals surface area contributed by atoms with Crippen molar-refractivity contribution in [3.8, 4) is 0 Å². The van der Waals surface area contributed by atoms with Gasteiger partial charge in [0.15, 0.2) is 0 Å². The first-order chi connectivity index (χ1) is 4.20. The highest BCUT2D eigenvalue weighted by atomic mass is 31.0. The predicted molar refractivity (Wildman–Crippen MR) is 40.2 cm³/mol. The molecular weight excluding hydrogens is 136 g/mol. The number of benzene rings is 1. The van der Waals surface area contributed by atoms with Crippen molar-refractivity contribution >= 4 is 20.2 Å². The smallest absolute Gasteiger partial charge is 0.130 e. The number of nitrogens with two attached hydrogens (primary N) is 1. The van der Waals surface area contributed by atoms with Crippen LogP contribution in [-0.4, -0.2) is 0 Å². The third-order valence-electron chi connectivity index (χ3n) is 1.02. The lowest BCUT2D eigenvalue weighted by Gasteiger charge is -1.95. The zero-order valence-corrected chi connectivity index (χ0v) is 5.92. The summed E-state index contributed by atoms with van der Waals surface area (Å²) in [5.41, 5.74) is 5.93. The Hall–Kier alpha value is -0.620. The second-order valence-corrected chi connectivity index (χ2v) is 2.40. The first-order valence-electron chi connectivity index (χ1n) is 2.50. The summed E-state index contributed by atoms with van der Waals surface area (Å²) in [5, 5.41) is 0.509. The second-order valence-electron chi connectivity index (χ2n) is 1.78. The maximum Gasteiger partial charge on any atom is 0.130 e. The fourth-order valence-corrected chi connectivity index (χ4v) is 0.851. The van der Waals surface area contributed by atoms with Gasteiger partial charge in [-0.3, -0.25) is 0 Å². The van der Waals surface area contributed by atoms with Gasteiger partial charge in [0.05, 0.1) is 0 Å². The van der Waals surface area contributed by atoms with E-state index >= 15 is 0 Å².